The van der Waals surface area contributed by atoms with E-state index in [0.717, 1.165) is 0 Å². The van der Waals surface area contributed by atoms with Crippen molar-refractivity contribution < 1.29 is 45.7 Å². The van der Waals surface area contributed by atoms with E-state index < -0.39 is 17.9 Å². The van der Waals surface area contributed by atoms with Crippen LogP contribution in [-0.2, 0) is 16.0 Å². The maximum atomic E-state index is 12.6. The first-order valence-corrected chi connectivity index (χ1v) is 16.6. The van der Waals surface area contributed by atoms with Crippen LogP contribution in [0.4, 0.5) is 0 Å². The molecule has 54 heavy (non-hydrogen) atoms. The van der Waals surface area contributed by atoms with Crippen molar-refractivity contribution in [2.45, 2.75) is 0 Å². The van der Waals surface area contributed by atoms with Gasteiger partial charge in [-0.1, -0.05) is 6.07 Å². The molecule has 10 nitrogen and oxygen atoms in total. The number of H-pyrrole nitrogens is 2. The molecule has 0 unspecified atom stereocenters. The molecule has 0 atom stereocenters. The number of carbonyl (C=O) groups is 3. The second kappa shape index (κ2) is 15.0. The number of hydrogen-bond acceptors (Lipinski definition) is 5. The van der Waals surface area contributed by atoms with Gasteiger partial charge in [0.15, 0.2) is 0 Å². The van der Waals surface area contributed by atoms with Crippen LogP contribution in [0.15, 0.2) is 97.1 Å². The normalized spacial score (nSPS) is 11.4. The number of aromatic nitrogens is 4. The first kappa shape index (κ1) is 37.5. The van der Waals surface area contributed by atoms with Crippen LogP contribution in [0, 0.1) is 0 Å². The maximum absolute atomic E-state index is 12.6. The predicted octanol–water partition coefficient (Wildman–Crippen LogP) is 8.77. The zero-order chi connectivity index (χ0) is 36.1. The minimum atomic E-state index is -1.13. The van der Waals surface area contributed by atoms with Gasteiger partial charge in [0.1, 0.15) is 0 Å². The molecule has 3 aromatic carbocycles. The number of fused-ring (bicyclic) bond motifs is 8. The standard InChI is InChI=1S/C41H25N4O6.2ClH.Mn/c46-39(47)27-10-4-1-7-24(27)36-30-15-13-22(42-30)21-23-14-16-31(43-23)37(25-8-2-5-11-28(25)40(48)49)33-18-20-35(45-33)38(34-19-17-32(36)44-34)26-9-3-6-12-29(26)41(50)51;;;/h1-20,42,45H,(H,46,47)(H,48,49)(H,50,51);2*1H;. The van der Waals surface area contributed by atoms with Crippen LogP contribution in [0.1, 0.15) is 53.8 Å². The molecular formula is C41H27Cl2MnN4O6. The quantitative estimate of drug-likeness (QED) is 0.104. The first-order chi connectivity index (χ1) is 25.2. The van der Waals surface area contributed by atoms with E-state index in [-0.39, 0.29) is 41.5 Å². The second-order valence-corrected chi connectivity index (χ2v) is 12.6. The van der Waals surface area contributed by atoms with Gasteiger partial charge >= 0.3 is 288 Å². The number of nitrogens with one attached hydrogen (secondary N) is 2. The second-order valence-electron chi connectivity index (χ2n) is 12.0. The Morgan fingerprint density at radius 3 is 1.11 bits per heavy atom. The Labute approximate surface area is 327 Å². The van der Waals surface area contributed by atoms with Crippen LogP contribution in [0.3, 0.4) is 0 Å². The Bertz CT molecular complexity index is 2720. The van der Waals surface area contributed by atoms with Gasteiger partial charge in [0.05, 0.1) is 0 Å². The van der Waals surface area contributed by atoms with Gasteiger partial charge in [-0.25, -0.2) is 4.79 Å². The summed E-state index contributed by atoms with van der Waals surface area (Å²) in [4.78, 5) is 54.4. The molecule has 5 N–H and O–H groups in total. The molecule has 8 bridgehead atoms. The summed E-state index contributed by atoms with van der Waals surface area (Å²) in [6, 6.07) is 27.3. The number of carboxylic acid groups (broad SMARTS) is 3. The summed E-state index contributed by atoms with van der Waals surface area (Å²) < 4.78 is 0.623. The fourth-order valence-electron chi connectivity index (χ4n) is 6.68. The number of halogens is 2. The molecule has 0 saturated heterocycles. The molecule has 0 radical (unpaired) electrons. The third-order valence-electron chi connectivity index (χ3n) is 8.97. The van der Waals surface area contributed by atoms with Crippen molar-refractivity contribution in [2.24, 2.45) is 0 Å². The third kappa shape index (κ3) is 6.50. The van der Waals surface area contributed by atoms with Gasteiger partial charge < -0.3 is 5.11 Å². The average Bonchev–Trinajstić information content (AvgIpc) is 3.98. The fourth-order valence-corrected chi connectivity index (χ4v) is 7.02. The molecule has 2 aliphatic rings. The van der Waals surface area contributed by atoms with Crippen LogP contribution >= 0.6 is 24.8 Å². The molecule has 6 aromatic rings. The van der Waals surface area contributed by atoms with E-state index in [0.29, 0.717) is 82.7 Å². The van der Waals surface area contributed by atoms with Crippen molar-refractivity contribution in [3.05, 3.63) is 137 Å². The van der Waals surface area contributed by atoms with Gasteiger partial charge in [0.25, 0.3) is 0 Å². The summed E-state index contributed by atoms with van der Waals surface area (Å²) in [5.41, 5.74) is 7.23. The van der Waals surface area contributed by atoms with Crippen molar-refractivity contribution in [3.63, 3.8) is 0 Å². The summed E-state index contributed by atoms with van der Waals surface area (Å²) in [5.74, 6) is -3.34. The summed E-state index contributed by atoms with van der Waals surface area (Å²) >= 11 is 3.72. The molecule has 5 heterocycles. The van der Waals surface area contributed by atoms with Gasteiger partial charge in [-0.15, -0.1) is 24.8 Å². The van der Waals surface area contributed by atoms with E-state index in [2.05, 4.69) is 26.0 Å². The molecule has 0 fully saturated rings. The molecule has 0 spiro atoms. The summed E-state index contributed by atoms with van der Waals surface area (Å²) in [5, 5.41) is 30.7. The zero-order valence-electron chi connectivity index (χ0n) is 27.7. The first-order valence-electron chi connectivity index (χ1n) is 16.0. The van der Waals surface area contributed by atoms with Gasteiger partial charge in [-0.05, 0) is 0 Å². The minimum absolute atomic E-state index is 0. The Morgan fingerprint density at radius 2 is 0.741 bits per heavy atom. The van der Waals surface area contributed by atoms with E-state index in [4.69, 9.17) is 9.97 Å². The van der Waals surface area contributed by atoms with E-state index in [1.165, 1.54) is 18.2 Å². The van der Waals surface area contributed by atoms with E-state index >= 15 is 0 Å². The SMILES string of the molecule is Cl.Cl.O=C(O)c1ccccc1-c1c2nc(c(-c3ccccc3C(=O)O)c3ccc([nH]3)c(-c3ccccc3C(=O)O)c3nc([c]([Mn])c4ccc1[nH]4)C=C3)C=C2. The number of rotatable bonds is 6. The summed E-state index contributed by atoms with van der Waals surface area (Å²) in [7, 11) is 0. The van der Waals surface area contributed by atoms with Gasteiger partial charge in [-0.3, -0.25) is 0 Å². The molecule has 2 aliphatic heterocycles. The number of aromatic carboxylic acids is 3. The van der Waals surface area contributed by atoms with Crippen molar-refractivity contribution >= 4 is 93.6 Å². The number of aromatic amines is 2. The van der Waals surface area contributed by atoms with Crippen molar-refractivity contribution in [2.75, 3.05) is 0 Å². The third-order valence-corrected chi connectivity index (χ3v) is 9.59. The van der Waals surface area contributed by atoms with Crippen molar-refractivity contribution in [1.82, 2.24) is 19.9 Å². The van der Waals surface area contributed by atoms with E-state index in [9.17, 15) is 29.7 Å². The van der Waals surface area contributed by atoms with Crippen LogP contribution in [0.5, 0.6) is 0 Å². The number of hydrogen-bond donors (Lipinski definition) is 5. The Kier molecular flexibility index (Phi) is 10.4. The topological polar surface area (TPSA) is 169 Å². The monoisotopic (exact) mass is 796 g/mol. The molecule has 8 rings (SSSR count). The van der Waals surface area contributed by atoms with E-state index in [1.54, 1.807) is 78.9 Å². The molecule has 0 aliphatic carbocycles. The fraction of sp³-hybridized carbons (Fsp3) is 0. The molecule has 3 aromatic heterocycles. The molecule has 13 heteroatoms. The van der Waals surface area contributed by atoms with Gasteiger partial charge in [0.2, 0.25) is 0 Å². The molecular weight excluding hydrogens is 770 g/mol. The Hall–Kier alpha value is -6.23. The van der Waals surface area contributed by atoms with Crippen LogP contribution in [0.2, 0.25) is 0 Å². The summed E-state index contributed by atoms with van der Waals surface area (Å²) in [6.45, 7) is 0. The van der Waals surface area contributed by atoms with E-state index in [1.807, 2.05) is 24.3 Å². The summed E-state index contributed by atoms with van der Waals surface area (Å²) in [6.07, 6.45) is 7.18. The van der Waals surface area contributed by atoms with Gasteiger partial charge in [0, 0.05) is 0 Å². The van der Waals surface area contributed by atoms with Crippen LogP contribution in [-0.4, -0.2) is 53.2 Å². The van der Waals surface area contributed by atoms with Crippen molar-refractivity contribution in [3.8, 4) is 33.4 Å². The zero-order valence-corrected chi connectivity index (χ0v) is 30.5. The van der Waals surface area contributed by atoms with Gasteiger partial charge in [-0.2, -0.15) is 0 Å². The molecule has 0 saturated carbocycles. The number of carboxylic acids is 3. The predicted molar refractivity (Wildman–Crippen MR) is 210 cm³/mol. The average molecular weight is 798 g/mol. The van der Waals surface area contributed by atoms with Crippen LogP contribution < -0.4 is 4.46 Å². The molecule has 0 amide bonds. The van der Waals surface area contributed by atoms with Crippen molar-refractivity contribution in [1.29, 1.82) is 0 Å². The van der Waals surface area contributed by atoms with Crippen LogP contribution in [0.25, 0.3) is 79.8 Å². The Morgan fingerprint density at radius 1 is 0.444 bits per heavy atom. The molecule has 268 valence electrons. The Balaban J connectivity index is 0.00000249. The number of benzene rings is 3. The number of nitrogens with zero attached hydrogens (tertiary/aromatic N) is 2.